The first-order valence-corrected chi connectivity index (χ1v) is 6.31. The molecule has 1 aromatic rings. The highest BCUT2D eigenvalue weighted by molar-refractivity contribution is 9.11. The van der Waals surface area contributed by atoms with Gasteiger partial charge in [-0.1, -0.05) is 13.3 Å². The molecule has 0 saturated carbocycles. The second-order valence-corrected chi connectivity index (χ2v) is 5.17. The molecule has 0 atom stereocenters. The van der Waals surface area contributed by atoms with Crippen LogP contribution in [0.2, 0.25) is 0 Å². The van der Waals surface area contributed by atoms with E-state index >= 15 is 0 Å². The van der Waals surface area contributed by atoms with Crippen LogP contribution in [-0.4, -0.2) is 13.2 Å². The maximum absolute atomic E-state index is 5.49. The molecule has 0 aromatic carbocycles. The number of hydrogen-bond acceptors (Lipinski definition) is 2. The van der Waals surface area contributed by atoms with E-state index in [1.807, 2.05) is 0 Å². The first-order valence-electron chi connectivity index (χ1n) is 4.64. The first kappa shape index (κ1) is 11.2. The molecule has 1 nitrogen and oxygen atoms in total. The minimum Gasteiger partial charge on any atom is -0.381 e. The average Bonchev–Trinajstić information content (AvgIpc) is 2.52. The number of thiophene rings is 1. The van der Waals surface area contributed by atoms with Crippen molar-refractivity contribution in [2.45, 2.75) is 26.2 Å². The van der Waals surface area contributed by atoms with Crippen LogP contribution in [0.25, 0.3) is 0 Å². The summed E-state index contributed by atoms with van der Waals surface area (Å²) >= 11 is 5.25. The highest BCUT2D eigenvalue weighted by Crippen LogP contribution is 2.23. The number of rotatable bonds is 6. The third kappa shape index (κ3) is 4.25. The minimum atomic E-state index is 0.843. The number of hydrogen-bond donors (Lipinski definition) is 0. The van der Waals surface area contributed by atoms with Crippen molar-refractivity contribution in [3.05, 3.63) is 20.8 Å². The Bertz CT molecular complexity index is 235. The monoisotopic (exact) mass is 262 g/mol. The van der Waals surface area contributed by atoms with Crippen molar-refractivity contribution >= 4 is 27.3 Å². The van der Waals surface area contributed by atoms with Gasteiger partial charge in [-0.25, -0.2) is 0 Å². The number of ether oxygens (including phenoxy) is 1. The first-order chi connectivity index (χ1) is 6.34. The van der Waals surface area contributed by atoms with Gasteiger partial charge in [0.05, 0.1) is 10.4 Å². The fraction of sp³-hybridized carbons (Fsp3) is 0.600. The van der Waals surface area contributed by atoms with E-state index in [4.69, 9.17) is 4.74 Å². The maximum atomic E-state index is 5.49. The molecule has 74 valence electrons. The van der Waals surface area contributed by atoms with E-state index in [1.54, 1.807) is 11.3 Å². The Hall–Kier alpha value is 0.140. The van der Waals surface area contributed by atoms with E-state index in [0.717, 1.165) is 19.6 Å². The minimum absolute atomic E-state index is 0.843. The molecule has 0 N–H and O–H groups in total. The van der Waals surface area contributed by atoms with E-state index in [-0.39, 0.29) is 0 Å². The lowest BCUT2D eigenvalue weighted by Crippen LogP contribution is -1.99. The SMILES string of the molecule is CCCCOCCc1ccsc1Br. The molecule has 1 aromatic heterocycles. The van der Waals surface area contributed by atoms with Crippen LogP contribution in [-0.2, 0) is 11.2 Å². The number of halogens is 1. The van der Waals surface area contributed by atoms with Crippen molar-refractivity contribution < 1.29 is 4.74 Å². The lowest BCUT2D eigenvalue weighted by atomic mass is 10.2. The lowest BCUT2D eigenvalue weighted by Gasteiger charge is -2.01. The van der Waals surface area contributed by atoms with Gasteiger partial charge in [0, 0.05) is 6.61 Å². The zero-order valence-corrected chi connectivity index (χ0v) is 10.3. The van der Waals surface area contributed by atoms with Crippen LogP contribution in [0, 0.1) is 0 Å². The fourth-order valence-electron chi connectivity index (χ4n) is 1.03. The maximum Gasteiger partial charge on any atom is 0.0731 e. The third-order valence-corrected chi connectivity index (χ3v) is 3.66. The van der Waals surface area contributed by atoms with Gasteiger partial charge in [0.15, 0.2) is 0 Å². The lowest BCUT2D eigenvalue weighted by molar-refractivity contribution is 0.134. The summed E-state index contributed by atoms with van der Waals surface area (Å²) in [6.45, 7) is 3.92. The molecular formula is C10H15BrOS. The van der Waals surface area contributed by atoms with Gasteiger partial charge in [-0.2, -0.15) is 0 Å². The fourth-order valence-corrected chi connectivity index (χ4v) is 2.36. The van der Waals surface area contributed by atoms with Gasteiger partial charge < -0.3 is 4.74 Å². The number of unbranched alkanes of at least 4 members (excludes halogenated alkanes) is 1. The molecular weight excluding hydrogens is 248 g/mol. The molecule has 1 heterocycles. The predicted molar refractivity (Wildman–Crippen MR) is 61.5 cm³/mol. The molecule has 0 bridgehead atoms. The van der Waals surface area contributed by atoms with Crippen LogP contribution >= 0.6 is 27.3 Å². The van der Waals surface area contributed by atoms with Gasteiger partial charge in [0.2, 0.25) is 0 Å². The van der Waals surface area contributed by atoms with E-state index in [2.05, 4.69) is 34.3 Å². The molecule has 1 rings (SSSR count). The van der Waals surface area contributed by atoms with Gasteiger partial charge in [-0.15, -0.1) is 11.3 Å². The smallest absolute Gasteiger partial charge is 0.0731 e. The van der Waals surface area contributed by atoms with E-state index in [0.29, 0.717) is 0 Å². The molecule has 0 aliphatic heterocycles. The quantitative estimate of drug-likeness (QED) is 0.708. The van der Waals surface area contributed by atoms with Crippen LogP contribution < -0.4 is 0 Å². The topological polar surface area (TPSA) is 9.23 Å². The van der Waals surface area contributed by atoms with Gasteiger partial charge in [0.25, 0.3) is 0 Å². The van der Waals surface area contributed by atoms with Crippen LogP contribution in [0.15, 0.2) is 15.2 Å². The van der Waals surface area contributed by atoms with Crippen LogP contribution in [0.3, 0.4) is 0 Å². The molecule has 0 saturated heterocycles. The molecule has 0 fully saturated rings. The summed E-state index contributed by atoms with van der Waals surface area (Å²) in [4.78, 5) is 0. The highest BCUT2D eigenvalue weighted by Gasteiger charge is 1.99. The summed E-state index contributed by atoms with van der Waals surface area (Å²) in [5, 5.41) is 2.10. The molecule has 0 amide bonds. The van der Waals surface area contributed by atoms with E-state index < -0.39 is 0 Å². The van der Waals surface area contributed by atoms with Crippen LogP contribution in [0.4, 0.5) is 0 Å². The molecule has 0 spiro atoms. The Morgan fingerprint density at radius 2 is 2.31 bits per heavy atom. The summed E-state index contributed by atoms with van der Waals surface area (Å²) in [5.74, 6) is 0. The largest absolute Gasteiger partial charge is 0.381 e. The Morgan fingerprint density at radius 1 is 1.46 bits per heavy atom. The Labute approximate surface area is 92.2 Å². The summed E-state index contributed by atoms with van der Waals surface area (Å²) in [6, 6.07) is 2.15. The standard InChI is InChI=1S/C10H15BrOS/c1-2-3-6-12-7-4-9-5-8-13-10(9)11/h5,8H,2-4,6-7H2,1H3. The molecule has 0 radical (unpaired) electrons. The normalized spacial score (nSPS) is 10.6. The van der Waals surface area contributed by atoms with Crippen molar-refractivity contribution in [1.29, 1.82) is 0 Å². The second-order valence-electron chi connectivity index (χ2n) is 2.94. The van der Waals surface area contributed by atoms with Crippen molar-refractivity contribution in [1.82, 2.24) is 0 Å². The zero-order valence-electron chi connectivity index (χ0n) is 7.88. The second kappa shape index (κ2) is 6.57. The van der Waals surface area contributed by atoms with Crippen molar-refractivity contribution in [2.75, 3.05) is 13.2 Å². The molecule has 0 aliphatic carbocycles. The Balaban J connectivity index is 2.10. The third-order valence-electron chi connectivity index (χ3n) is 1.85. The van der Waals surface area contributed by atoms with Crippen molar-refractivity contribution in [3.63, 3.8) is 0 Å². The summed E-state index contributed by atoms with van der Waals surface area (Å²) < 4.78 is 6.73. The van der Waals surface area contributed by atoms with Crippen LogP contribution in [0.1, 0.15) is 25.3 Å². The molecule has 0 unspecified atom stereocenters. The Kier molecular flexibility index (Phi) is 5.67. The van der Waals surface area contributed by atoms with Gasteiger partial charge in [-0.05, 0) is 45.8 Å². The van der Waals surface area contributed by atoms with Crippen molar-refractivity contribution in [2.24, 2.45) is 0 Å². The summed E-state index contributed by atoms with van der Waals surface area (Å²) in [7, 11) is 0. The van der Waals surface area contributed by atoms with Gasteiger partial charge >= 0.3 is 0 Å². The summed E-state index contributed by atoms with van der Waals surface area (Å²) in [6.07, 6.45) is 3.40. The van der Waals surface area contributed by atoms with E-state index in [9.17, 15) is 0 Å². The van der Waals surface area contributed by atoms with Crippen LogP contribution in [0.5, 0.6) is 0 Å². The predicted octanol–water partition coefficient (Wildman–Crippen LogP) is 3.87. The Morgan fingerprint density at radius 3 is 2.92 bits per heavy atom. The van der Waals surface area contributed by atoms with Gasteiger partial charge in [-0.3, -0.25) is 0 Å². The molecule has 3 heteroatoms. The highest BCUT2D eigenvalue weighted by atomic mass is 79.9. The molecule has 0 aliphatic rings. The zero-order chi connectivity index (χ0) is 9.52. The molecule has 13 heavy (non-hydrogen) atoms. The van der Waals surface area contributed by atoms with Gasteiger partial charge in [0.1, 0.15) is 0 Å². The van der Waals surface area contributed by atoms with Crippen molar-refractivity contribution in [3.8, 4) is 0 Å². The van der Waals surface area contributed by atoms with E-state index in [1.165, 1.54) is 22.2 Å². The summed E-state index contributed by atoms with van der Waals surface area (Å²) in [5.41, 5.74) is 1.36. The average molecular weight is 263 g/mol.